The second kappa shape index (κ2) is 3.85. The Morgan fingerprint density at radius 3 is 2.75 bits per heavy atom. The van der Waals surface area contributed by atoms with E-state index >= 15 is 0 Å². The fourth-order valence-electron chi connectivity index (χ4n) is 0.953. The van der Waals surface area contributed by atoms with E-state index in [-0.39, 0.29) is 5.82 Å². The van der Waals surface area contributed by atoms with Crippen LogP contribution in [0.5, 0.6) is 0 Å². The zero-order chi connectivity index (χ0) is 8.97. The lowest BCUT2D eigenvalue weighted by molar-refractivity contribution is 0.317. The summed E-state index contributed by atoms with van der Waals surface area (Å²) in [6, 6.07) is 6.44. The van der Waals surface area contributed by atoms with Gasteiger partial charge >= 0.3 is 0 Å². The Morgan fingerprint density at radius 1 is 1.50 bits per heavy atom. The fourth-order valence-corrected chi connectivity index (χ4v) is 0.953. The van der Waals surface area contributed by atoms with E-state index in [4.69, 9.17) is 5.21 Å². The van der Waals surface area contributed by atoms with Gasteiger partial charge in [-0.25, -0.2) is 4.39 Å². The van der Waals surface area contributed by atoms with E-state index < -0.39 is 0 Å². The molecule has 0 radical (unpaired) electrons. The van der Waals surface area contributed by atoms with E-state index in [2.05, 4.69) is 5.16 Å². The highest BCUT2D eigenvalue weighted by atomic mass is 19.1. The number of hydrogen-bond acceptors (Lipinski definition) is 2. The van der Waals surface area contributed by atoms with Gasteiger partial charge in [0.15, 0.2) is 0 Å². The molecule has 1 rings (SSSR count). The molecule has 1 aromatic rings. The molecule has 0 spiro atoms. The molecule has 0 aliphatic rings. The van der Waals surface area contributed by atoms with E-state index in [1.54, 1.807) is 25.1 Å². The molecular weight excluding hydrogens is 157 g/mol. The molecule has 0 fully saturated rings. The lowest BCUT2D eigenvalue weighted by atomic mass is 10.1. The molecule has 0 amide bonds. The molecule has 0 aromatic heterocycles. The highest BCUT2D eigenvalue weighted by Gasteiger charge is 2.01. The largest absolute Gasteiger partial charge is 0.411 e. The van der Waals surface area contributed by atoms with Crippen LogP contribution in [-0.4, -0.2) is 10.9 Å². The van der Waals surface area contributed by atoms with Gasteiger partial charge in [-0.1, -0.05) is 23.4 Å². The molecule has 0 atom stereocenters. The molecule has 3 heteroatoms. The third kappa shape index (κ3) is 2.05. The van der Waals surface area contributed by atoms with Crippen molar-refractivity contribution in [3.63, 3.8) is 0 Å². The minimum atomic E-state index is -0.263. The number of halogens is 1. The first kappa shape index (κ1) is 8.71. The van der Waals surface area contributed by atoms with Crippen molar-refractivity contribution in [3.8, 4) is 0 Å². The first-order valence-corrected chi connectivity index (χ1v) is 3.65. The van der Waals surface area contributed by atoms with Gasteiger partial charge in [0.05, 0.1) is 5.71 Å². The third-order valence-corrected chi connectivity index (χ3v) is 1.57. The van der Waals surface area contributed by atoms with Crippen LogP contribution in [0.2, 0.25) is 0 Å². The second-order valence-corrected chi connectivity index (χ2v) is 2.60. The Kier molecular flexibility index (Phi) is 2.80. The van der Waals surface area contributed by atoms with Crippen molar-refractivity contribution >= 4 is 5.71 Å². The Labute approximate surface area is 70.3 Å². The maximum Gasteiger partial charge on any atom is 0.126 e. The van der Waals surface area contributed by atoms with Crippen LogP contribution < -0.4 is 0 Å². The highest BCUT2D eigenvalue weighted by Crippen LogP contribution is 2.07. The summed E-state index contributed by atoms with van der Waals surface area (Å²) in [6.07, 6.45) is 0.350. The smallest absolute Gasteiger partial charge is 0.126 e. The lowest BCUT2D eigenvalue weighted by Gasteiger charge is -1.99. The molecule has 1 N–H and O–H groups in total. The summed E-state index contributed by atoms with van der Waals surface area (Å²) in [4.78, 5) is 0. The Balaban J connectivity index is 2.82. The standard InChI is InChI=1S/C9H10FNO/c1-7(11-12)6-8-4-2-3-5-9(8)10/h2-5,12H,6H2,1H3/b11-7-. The van der Waals surface area contributed by atoms with Crippen molar-refractivity contribution in [2.75, 3.05) is 0 Å². The van der Waals surface area contributed by atoms with Crippen LogP contribution >= 0.6 is 0 Å². The predicted octanol–water partition coefficient (Wildman–Crippen LogP) is 2.22. The Hall–Kier alpha value is -1.38. The van der Waals surface area contributed by atoms with Crippen molar-refractivity contribution in [2.45, 2.75) is 13.3 Å². The maximum absolute atomic E-state index is 12.9. The third-order valence-electron chi connectivity index (χ3n) is 1.57. The summed E-state index contributed by atoms with van der Waals surface area (Å²) in [5.41, 5.74) is 1.05. The van der Waals surface area contributed by atoms with E-state index in [1.165, 1.54) is 6.07 Å². The average molecular weight is 167 g/mol. The fraction of sp³-hybridized carbons (Fsp3) is 0.222. The van der Waals surface area contributed by atoms with Crippen molar-refractivity contribution in [1.82, 2.24) is 0 Å². The molecule has 1 aromatic carbocycles. The van der Waals surface area contributed by atoms with E-state index in [0.717, 1.165) is 0 Å². The quantitative estimate of drug-likeness (QED) is 0.409. The van der Waals surface area contributed by atoms with E-state index in [9.17, 15) is 4.39 Å². The van der Waals surface area contributed by atoms with Crippen LogP contribution in [0.15, 0.2) is 29.4 Å². The van der Waals surface area contributed by atoms with Crippen LogP contribution in [0.1, 0.15) is 12.5 Å². The summed E-state index contributed by atoms with van der Waals surface area (Å²) in [5.74, 6) is -0.263. The van der Waals surface area contributed by atoms with Crippen LogP contribution in [0.3, 0.4) is 0 Å². The topological polar surface area (TPSA) is 32.6 Å². The second-order valence-electron chi connectivity index (χ2n) is 2.60. The van der Waals surface area contributed by atoms with Crippen molar-refractivity contribution in [3.05, 3.63) is 35.6 Å². The Bertz CT molecular complexity index is 296. The minimum Gasteiger partial charge on any atom is -0.411 e. The summed E-state index contributed by atoms with van der Waals surface area (Å²) in [7, 11) is 0. The summed E-state index contributed by atoms with van der Waals surface area (Å²) in [6.45, 7) is 1.65. The van der Waals surface area contributed by atoms with Gasteiger partial charge in [0, 0.05) is 6.42 Å². The molecule has 12 heavy (non-hydrogen) atoms. The van der Waals surface area contributed by atoms with Crippen LogP contribution in [-0.2, 0) is 6.42 Å². The van der Waals surface area contributed by atoms with Gasteiger partial charge in [-0.2, -0.15) is 0 Å². The SMILES string of the molecule is C/C(Cc1ccccc1F)=N/O. The van der Waals surface area contributed by atoms with Gasteiger partial charge in [0.1, 0.15) is 5.82 Å². The number of benzene rings is 1. The zero-order valence-corrected chi connectivity index (χ0v) is 6.79. The molecule has 0 unspecified atom stereocenters. The van der Waals surface area contributed by atoms with Crippen molar-refractivity contribution in [1.29, 1.82) is 0 Å². The molecule has 0 saturated carbocycles. The first-order valence-electron chi connectivity index (χ1n) is 3.65. The summed E-state index contributed by atoms with van der Waals surface area (Å²) >= 11 is 0. The molecule has 0 aliphatic heterocycles. The maximum atomic E-state index is 12.9. The van der Waals surface area contributed by atoms with Crippen LogP contribution in [0, 0.1) is 5.82 Å². The monoisotopic (exact) mass is 167 g/mol. The summed E-state index contributed by atoms with van der Waals surface area (Å²) in [5, 5.41) is 11.3. The number of nitrogens with zero attached hydrogens (tertiary/aromatic N) is 1. The van der Waals surface area contributed by atoms with Gasteiger partial charge in [0.2, 0.25) is 0 Å². The van der Waals surface area contributed by atoms with Gasteiger partial charge in [-0.05, 0) is 18.6 Å². The molecule has 2 nitrogen and oxygen atoms in total. The number of oxime groups is 1. The van der Waals surface area contributed by atoms with Gasteiger partial charge in [0.25, 0.3) is 0 Å². The van der Waals surface area contributed by atoms with Crippen molar-refractivity contribution in [2.24, 2.45) is 5.16 Å². The lowest BCUT2D eigenvalue weighted by Crippen LogP contribution is -1.99. The van der Waals surface area contributed by atoms with Crippen LogP contribution in [0.4, 0.5) is 4.39 Å². The molecule has 0 heterocycles. The predicted molar refractivity (Wildman–Crippen MR) is 45.0 cm³/mol. The molecule has 0 aliphatic carbocycles. The number of hydrogen-bond donors (Lipinski definition) is 1. The number of rotatable bonds is 2. The van der Waals surface area contributed by atoms with Gasteiger partial charge < -0.3 is 5.21 Å². The van der Waals surface area contributed by atoms with E-state index in [1.807, 2.05) is 0 Å². The van der Waals surface area contributed by atoms with Gasteiger partial charge in [-0.3, -0.25) is 0 Å². The molecule has 0 saturated heterocycles. The zero-order valence-electron chi connectivity index (χ0n) is 6.79. The molecule has 64 valence electrons. The molecule has 0 bridgehead atoms. The summed E-state index contributed by atoms with van der Waals surface area (Å²) < 4.78 is 12.9. The van der Waals surface area contributed by atoms with Crippen molar-refractivity contribution < 1.29 is 9.60 Å². The van der Waals surface area contributed by atoms with Gasteiger partial charge in [-0.15, -0.1) is 0 Å². The average Bonchev–Trinajstić information content (AvgIpc) is 2.09. The highest BCUT2D eigenvalue weighted by molar-refractivity contribution is 5.83. The Morgan fingerprint density at radius 2 is 2.17 bits per heavy atom. The normalized spacial score (nSPS) is 11.7. The van der Waals surface area contributed by atoms with E-state index in [0.29, 0.717) is 17.7 Å². The molecular formula is C9H10FNO. The first-order chi connectivity index (χ1) is 5.74. The minimum absolute atomic E-state index is 0.263. The van der Waals surface area contributed by atoms with Crippen LogP contribution in [0.25, 0.3) is 0 Å².